The summed E-state index contributed by atoms with van der Waals surface area (Å²) in [6.07, 6.45) is 0. The Morgan fingerprint density at radius 1 is 0.897 bits per heavy atom. The van der Waals surface area contributed by atoms with Crippen molar-refractivity contribution in [2.24, 2.45) is 5.92 Å². The van der Waals surface area contributed by atoms with Gasteiger partial charge >= 0.3 is 0 Å². The van der Waals surface area contributed by atoms with E-state index in [0.717, 1.165) is 21.0 Å². The lowest BCUT2D eigenvalue weighted by Crippen LogP contribution is -2.51. The van der Waals surface area contributed by atoms with Crippen molar-refractivity contribution in [2.45, 2.75) is 52.1 Å². The molecule has 0 radical (unpaired) electrons. The maximum atomic E-state index is 14.0. The molecule has 0 aliphatic heterocycles. The molecule has 3 rings (SSSR count). The van der Waals surface area contributed by atoms with Gasteiger partial charge in [-0.3, -0.25) is 13.9 Å². The molecule has 3 aromatic carbocycles. The lowest BCUT2D eigenvalue weighted by atomic mass is 10.1. The second kappa shape index (κ2) is 13.1. The number of amides is 2. The molecule has 2 amide bonds. The minimum Gasteiger partial charge on any atom is -0.354 e. The number of nitrogens with one attached hydrogen (secondary N) is 1. The summed E-state index contributed by atoms with van der Waals surface area (Å²) in [5.41, 5.74) is 2.83. The van der Waals surface area contributed by atoms with Crippen LogP contribution < -0.4 is 9.62 Å². The number of nitrogens with zero attached hydrogens (tertiary/aromatic N) is 2. The SMILES string of the molecule is Cc1cc(C)cc(N(CC(=O)N(Cc2cccc(Cl)c2)[C@@H](C)C(=O)NCC(C)C)S(=O)(=O)c2ccccc2)c1. The molecule has 1 atom stereocenters. The van der Waals surface area contributed by atoms with Gasteiger partial charge in [0.25, 0.3) is 10.0 Å². The number of sulfonamides is 1. The first-order valence-electron chi connectivity index (χ1n) is 12.9. The lowest BCUT2D eigenvalue weighted by molar-refractivity contribution is -0.139. The van der Waals surface area contributed by atoms with Crippen LogP contribution in [0.5, 0.6) is 0 Å². The molecular weight excluding hydrogens is 534 g/mol. The fourth-order valence-electron chi connectivity index (χ4n) is 4.21. The van der Waals surface area contributed by atoms with Crippen LogP contribution in [0.25, 0.3) is 0 Å². The molecule has 0 spiro atoms. The normalized spacial score (nSPS) is 12.2. The molecule has 0 saturated heterocycles. The summed E-state index contributed by atoms with van der Waals surface area (Å²) in [6.45, 7) is 9.41. The van der Waals surface area contributed by atoms with Gasteiger partial charge < -0.3 is 10.2 Å². The molecule has 208 valence electrons. The number of rotatable bonds is 11. The monoisotopic (exact) mass is 569 g/mol. The van der Waals surface area contributed by atoms with Crippen LogP contribution in [0.3, 0.4) is 0 Å². The van der Waals surface area contributed by atoms with E-state index in [0.29, 0.717) is 17.3 Å². The predicted molar refractivity (Wildman–Crippen MR) is 156 cm³/mol. The number of hydrogen-bond acceptors (Lipinski definition) is 4. The van der Waals surface area contributed by atoms with E-state index in [1.807, 2.05) is 39.8 Å². The molecule has 0 bridgehead atoms. The van der Waals surface area contributed by atoms with Crippen LogP contribution in [0.4, 0.5) is 5.69 Å². The Labute approximate surface area is 236 Å². The second-order valence-corrected chi connectivity index (χ2v) is 12.4. The van der Waals surface area contributed by atoms with Crippen LogP contribution in [0.15, 0.2) is 77.7 Å². The third-order valence-electron chi connectivity index (χ3n) is 6.20. The Bertz CT molecular complexity index is 1390. The molecule has 0 unspecified atom stereocenters. The molecule has 39 heavy (non-hydrogen) atoms. The summed E-state index contributed by atoms with van der Waals surface area (Å²) in [4.78, 5) is 28.5. The van der Waals surface area contributed by atoms with Crippen LogP contribution in [0, 0.1) is 19.8 Å². The topological polar surface area (TPSA) is 86.8 Å². The van der Waals surface area contributed by atoms with E-state index in [9.17, 15) is 18.0 Å². The zero-order valence-corrected chi connectivity index (χ0v) is 24.6. The van der Waals surface area contributed by atoms with Crippen molar-refractivity contribution in [2.75, 3.05) is 17.4 Å². The number of anilines is 1. The molecule has 0 fully saturated rings. The first kappa shape index (κ1) is 30.2. The fraction of sp³-hybridized carbons (Fsp3) is 0.333. The van der Waals surface area contributed by atoms with Crippen molar-refractivity contribution in [3.63, 3.8) is 0 Å². The van der Waals surface area contributed by atoms with Crippen molar-refractivity contribution < 1.29 is 18.0 Å². The van der Waals surface area contributed by atoms with Crippen LogP contribution in [0.1, 0.15) is 37.5 Å². The second-order valence-electron chi connectivity index (χ2n) is 10.1. The Balaban J connectivity index is 2.03. The molecule has 0 heterocycles. The van der Waals surface area contributed by atoms with Gasteiger partial charge in [0.15, 0.2) is 0 Å². The minimum absolute atomic E-state index is 0.0704. The number of aryl methyl sites for hydroxylation is 2. The predicted octanol–water partition coefficient (Wildman–Crippen LogP) is 5.34. The minimum atomic E-state index is -4.10. The summed E-state index contributed by atoms with van der Waals surface area (Å²) in [7, 11) is -4.10. The Morgan fingerprint density at radius 2 is 1.54 bits per heavy atom. The molecule has 0 aliphatic rings. The molecule has 0 aliphatic carbocycles. The van der Waals surface area contributed by atoms with Crippen molar-refractivity contribution in [3.8, 4) is 0 Å². The average Bonchev–Trinajstić information content (AvgIpc) is 2.88. The van der Waals surface area contributed by atoms with Gasteiger partial charge in [0.05, 0.1) is 10.6 Å². The molecule has 7 nitrogen and oxygen atoms in total. The zero-order valence-electron chi connectivity index (χ0n) is 23.0. The smallest absolute Gasteiger partial charge is 0.264 e. The van der Waals surface area contributed by atoms with Gasteiger partial charge in [-0.05, 0) is 79.8 Å². The Kier molecular flexibility index (Phi) is 10.2. The highest BCUT2D eigenvalue weighted by Crippen LogP contribution is 2.27. The number of benzene rings is 3. The van der Waals surface area contributed by atoms with Gasteiger partial charge in [0.2, 0.25) is 11.8 Å². The highest BCUT2D eigenvalue weighted by Gasteiger charge is 2.32. The molecular formula is C30H36ClN3O4S. The van der Waals surface area contributed by atoms with Gasteiger partial charge in [-0.15, -0.1) is 0 Å². The number of carbonyl (C=O) groups is 2. The zero-order chi connectivity index (χ0) is 28.7. The van der Waals surface area contributed by atoms with Crippen molar-refractivity contribution in [1.82, 2.24) is 10.2 Å². The van der Waals surface area contributed by atoms with Crippen LogP contribution >= 0.6 is 11.6 Å². The number of hydrogen-bond donors (Lipinski definition) is 1. The van der Waals surface area contributed by atoms with Gasteiger partial charge in [-0.25, -0.2) is 8.42 Å². The van der Waals surface area contributed by atoms with E-state index >= 15 is 0 Å². The van der Waals surface area contributed by atoms with E-state index in [-0.39, 0.29) is 23.3 Å². The van der Waals surface area contributed by atoms with Crippen molar-refractivity contribution in [1.29, 1.82) is 0 Å². The van der Waals surface area contributed by atoms with Gasteiger partial charge in [0, 0.05) is 18.1 Å². The quantitative estimate of drug-likeness (QED) is 0.338. The molecule has 0 saturated carbocycles. The van der Waals surface area contributed by atoms with Gasteiger partial charge in [-0.2, -0.15) is 0 Å². The Hall–Kier alpha value is -3.36. The number of carbonyl (C=O) groups excluding carboxylic acids is 2. The van der Waals surface area contributed by atoms with Crippen molar-refractivity contribution in [3.05, 3.63) is 94.5 Å². The maximum absolute atomic E-state index is 14.0. The first-order valence-corrected chi connectivity index (χ1v) is 14.7. The first-order chi connectivity index (χ1) is 18.4. The third-order valence-corrected chi connectivity index (χ3v) is 8.22. The van der Waals surface area contributed by atoms with E-state index in [2.05, 4.69) is 5.32 Å². The summed E-state index contributed by atoms with van der Waals surface area (Å²) >= 11 is 6.19. The number of halogens is 1. The van der Waals surface area contributed by atoms with Crippen LogP contribution in [-0.2, 0) is 26.2 Å². The summed E-state index contributed by atoms with van der Waals surface area (Å²) in [6, 6.07) is 19.6. The molecule has 1 N–H and O–H groups in total. The summed E-state index contributed by atoms with van der Waals surface area (Å²) < 4.78 is 28.8. The van der Waals surface area contributed by atoms with E-state index < -0.39 is 28.5 Å². The summed E-state index contributed by atoms with van der Waals surface area (Å²) in [5, 5.41) is 3.38. The van der Waals surface area contributed by atoms with E-state index in [1.54, 1.807) is 55.5 Å². The average molecular weight is 570 g/mol. The fourth-order valence-corrected chi connectivity index (χ4v) is 5.84. The molecule has 0 aromatic heterocycles. The van der Waals surface area contributed by atoms with E-state index in [4.69, 9.17) is 11.6 Å². The third kappa shape index (κ3) is 8.07. The van der Waals surface area contributed by atoms with Crippen LogP contribution in [-0.4, -0.2) is 44.3 Å². The van der Waals surface area contributed by atoms with E-state index in [1.165, 1.54) is 17.0 Å². The maximum Gasteiger partial charge on any atom is 0.264 e. The summed E-state index contributed by atoms with van der Waals surface area (Å²) in [5.74, 6) is -0.599. The molecule has 9 heteroatoms. The lowest BCUT2D eigenvalue weighted by Gasteiger charge is -2.32. The highest BCUT2D eigenvalue weighted by molar-refractivity contribution is 7.92. The molecule has 3 aromatic rings. The Morgan fingerprint density at radius 3 is 2.13 bits per heavy atom. The highest BCUT2D eigenvalue weighted by atomic mass is 35.5. The van der Waals surface area contributed by atoms with Crippen molar-refractivity contribution >= 4 is 39.1 Å². The van der Waals surface area contributed by atoms with Gasteiger partial charge in [-0.1, -0.05) is 61.8 Å². The van der Waals surface area contributed by atoms with Gasteiger partial charge in [0.1, 0.15) is 12.6 Å². The standard InChI is InChI=1S/C30H36ClN3O4S/c1-21(2)18-32-30(36)24(5)33(19-25-10-9-11-26(31)17-25)29(35)20-34(27-15-22(3)14-23(4)16-27)39(37,38)28-12-7-6-8-13-28/h6-17,21,24H,18-20H2,1-5H3,(H,32,36)/t24-/m0/s1. The largest absolute Gasteiger partial charge is 0.354 e. The van der Waals surface area contributed by atoms with Crippen LogP contribution in [0.2, 0.25) is 5.02 Å².